The molecular weight excluding hydrogens is 337 g/mol. The molecule has 2 aromatic rings. The van der Waals surface area contributed by atoms with Crippen molar-refractivity contribution in [1.82, 2.24) is 0 Å². The van der Waals surface area contributed by atoms with Crippen LogP contribution < -0.4 is 9.92 Å². The van der Waals surface area contributed by atoms with E-state index in [1.54, 1.807) is 0 Å². The molecule has 0 aliphatic carbocycles. The van der Waals surface area contributed by atoms with E-state index in [0.29, 0.717) is 5.02 Å². The highest BCUT2D eigenvalue weighted by atomic mass is 35.5. The summed E-state index contributed by atoms with van der Waals surface area (Å²) < 4.78 is 29.1. The van der Waals surface area contributed by atoms with Gasteiger partial charge in [-0.15, -0.1) is 0 Å². The first-order valence-electron chi connectivity index (χ1n) is 5.59. The molecule has 0 spiro atoms. The summed E-state index contributed by atoms with van der Waals surface area (Å²) >= 11 is 11.6. The Balaban J connectivity index is 2.31. The number of hydrogen-bond acceptors (Lipinski definition) is 4. The van der Waals surface area contributed by atoms with Gasteiger partial charge in [0.25, 0.3) is 0 Å². The van der Waals surface area contributed by atoms with Gasteiger partial charge in [-0.25, -0.2) is 0 Å². The summed E-state index contributed by atoms with van der Waals surface area (Å²) in [6.45, 7) is 0. The number of benzene rings is 2. The fraction of sp³-hybridized carbons (Fsp3) is 0. The number of hydrogen-bond donors (Lipinski definition) is 1. The largest absolute Gasteiger partial charge is 0.377 e. The third-order valence-corrected chi connectivity index (χ3v) is 4.30. The smallest absolute Gasteiger partial charge is 0.339 e. The van der Waals surface area contributed by atoms with Crippen LogP contribution in [0.15, 0.2) is 47.4 Å². The van der Waals surface area contributed by atoms with Crippen molar-refractivity contribution in [3.8, 4) is 5.75 Å². The fourth-order valence-electron chi connectivity index (χ4n) is 1.49. The number of rotatable bonds is 4. The molecule has 2 N–H and O–H groups in total. The quantitative estimate of drug-likeness (QED) is 0.863. The topological polar surface area (TPSA) is 86.5 Å². The number of amides is 1. The van der Waals surface area contributed by atoms with E-state index in [-0.39, 0.29) is 21.2 Å². The Labute approximate surface area is 131 Å². The number of halogens is 2. The number of nitrogens with two attached hydrogens (primary N) is 1. The Morgan fingerprint density at radius 3 is 2.19 bits per heavy atom. The van der Waals surface area contributed by atoms with Crippen LogP contribution in [0.3, 0.4) is 0 Å². The maximum absolute atomic E-state index is 12.1. The maximum Gasteiger partial charge on any atom is 0.339 e. The van der Waals surface area contributed by atoms with E-state index in [9.17, 15) is 13.2 Å². The molecule has 0 aliphatic heterocycles. The summed E-state index contributed by atoms with van der Waals surface area (Å²) in [5, 5.41) is 0.426. The summed E-state index contributed by atoms with van der Waals surface area (Å²) in [4.78, 5) is 10.8. The average molecular weight is 346 g/mol. The van der Waals surface area contributed by atoms with E-state index in [0.717, 1.165) is 0 Å². The molecule has 0 radical (unpaired) electrons. The lowest BCUT2D eigenvalue weighted by molar-refractivity contribution is 0.1000. The van der Waals surface area contributed by atoms with E-state index >= 15 is 0 Å². The molecule has 0 atom stereocenters. The minimum atomic E-state index is -4.07. The van der Waals surface area contributed by atoms with Crippen LogP contribution in [0.4, 0.5) is 0 Å². The minimum Gasteiger partial charge on any atom is -0.377 e. The first-order valence-corrected chi connectivity index (χ1v) is 7.75. The highest BCUT2D eigenvalue weighted by Gasteiger charge is 2.18. The minimum absolute atomic E-state index is 0.0416. The predicted octanol–water partition coefficient (Wildman–Crippen LogP) is 2.86. The van der Waals surface area contributed by atoms with Crippen molar-refractivity contribution in [2.75, 3.05) is 0 Å². The number of carbonyl (C=O) groups is 1. The van der Waals surface area contributed by atoms with Crippen LogP contribution in [-0.4, -0.2) is 14.3 Å². The van der Waals surface area contributed by atoms with Gasteiger partial charge in [-0.05, 0) is 42.5 Å². The molecule has 0 saturated carbocycles. The molecule has 2 rings (SSSR count). The van der Waals surface area contributed by atoms with Crippen molar-refractivity contribution in [3.63, 3.8) is 0 Å². The van der Waals surface area contributed by atoms with Crippen LogP contribution >= 0.6 is 23.2 Å². The Kier molecular flexibility index (Phi) is 4.41. The van der Waals surface area contributed by atoms with Crippen molar-refractivity contribution in [1.29, 1.82) is 0 Å². The lowest BCUT2D eigenvalue weighted by atomic mass is 10.2. The van der Waals surface area contributed by atoms with E-state index in [2.05, 4.69) is 0 Å². The van der Waals surface area contributed by atoms with Gasteiger partial charge in [0.1, 0.15) is 4.90 Å². The van der Waals surface area contributed by atoms with Crippen LogP contribution in [0.1, 0.15) is 10.4 Å². The molecule has 8 heteroatoms. The van der Waals surface area contributed by atoms with Gasteiger partial charge in [0.15, 0.2) is 5.75 Å². The summed E-state index contributed by atoms with van der Waals surface area (Å²) in [6.07, 6.45) is 0. The van der Waals surface area contributed by atoms with Crippen molar-refractivity contribution in [3.05, 3.63) is 58.1 Å². The summed E-state index contributed by atoms with van der Waals surface area (Å²) in [5.74, 6) is -0.694. The normalized spacial score (nSPS) is 11.1. The predicted molar refractivity (Wildman–Crippen MR) is 79.2 cm³/mol. The van der Waals surface area contributed by atoms with Crippen molar-refractivity contribution >= 4 is 39.2 Å². The Morgan fingerprint density at radius 1 is 1.05 bits per heavy atom. The van der Waals surface area contributed by atoms with Gasteiger partial charge in [-0.2, -0.15) is 8.42 Å². The summed E-state index contributed by atoms with van der Waals surface area (Å²) in [7, 11) is -4.07. The monoisotopic (exact) mass is 345 g/mol. The summed E-state index contributed by atoms with van der Waals surface area (Å²) in [6, 6.07) is 9.20. The SMILES string of the molecule is NC(=O)c1ccc(S(=O)(=O)Oc2ccc(Cl)cc2Cl)cc1. The second-order valence-electron chi connectivity index (χ2n) is 4.00. The highest BCUT2D eigenvalue weighted by molar-refractivity contribution is 7.87. The highest BCUT2D eigenvalue weighted by Crippen LogP contribution is 2.30. The van der Waals surface area contributed by atoms with Crippen LogP contribution in [0.25, 0.3) is 0 Å². The van der Waals surface area contributed by atoms with Gasteiger partial charge in [0.05, 0.1) is 5.02 Å². The molecule has 0 saturated heterocycles. The molecule has 0 aromatic heterocycles. The molecule has 0 fully saturated rings. The molecule has 5 nitrogen and oxygen atoms in total. The van der Waals surface area contributed by atoms with E-state index in [4.69, 9.17) is 33.1 Å². The van der Waals surface area contributed by atoms with E-state index < -0.39 is 16.0 Å². The van der Waals surface area contributed by atoms with Gasteiger partial charge in [0, 0.05) is 10.6 Å². The van der Waals surface area contributed by atoms with Crippen LogP contribution in [0, 0.1) is 0 Å². The molecule has 0 heterocycles. The molecule has 2 aromatic carbocycles. The van der Waals surface area contributed by atoms with Crippen molar-refractivity contribution < 1.29 is 17.4 Å². The third kappa shape index (κ3) is 3.66. The summed E-state index contributed by atoms with van der Waals surface area (Å²) in [5.41, 5.74) is 5.27. The number of carbonyl (C=O) groups excluding carboxylic acids is 1. The van der Waals surface area contributed by atoms with Gasteiger partial charge >= 0.3 is 10.1 Å². The molecule has 21 heavy (non-hydrogen) atoms. The Morgan fingerprint density at radius 2 is 1.67 bits per heavy atom. The zero-order chi connectivity index (χ0) is 15.6. The van der Waals surface area contributed by atoms with Crippen LogP contribution in [0.2, 0.25) is 10.0 Å². The van der Waals surface area contributed by atoms with Crippen molar-refractivity contribution in [2.45, 2.75) is 4.90 Å². The first kappa shape index (κ1) is 15.6. The zero-order valence-corrected chi connectivity index (χ0v) is 12.7. The molecule has 110 valence electrons. The van der Waals surface area contributed by atoms with Crippen LogP contribution in [-0.2, 0) is 10.1 Å². The fourth-order valence-corrected chi connectivity index (χ4v) is 2.94. The lowest BCUT2D eigenvalue weighted by Gasteiger charge is -2.09. The second kappa shape index (κ2) is 5.93. The molecule has 0 bridgehead atoms. The molecule has 0 unspecified atom stereocenters. The lowest BCUT2D eigenvalue weighted by Crippen LogP contribution is -2.13. The van der Waals surface area contributed by atoms with Gasteiger partial charge < -0.3 is 9.92 Å². The first-order chi connectivity index (χ1) is 9.79. The molecule has 1 amide bonds. The van der Waals surface area contributed by atoms with E-state index in [1.165, 1.54) is 42.5 Å². The Hall–Kier alpha value is -1.76. The zero-order valence-electron chi connectivity index (χ0n) is 10.4. The molecular formula is C13H9Cl2NO4S. The molecule has 0 aliphatic rings. The average Bonchev–Trinajstić information content (AvgIpc) is 2.42. The second-order valence-corrected chi connectivity index (χ2v) is 6.39. The van der Waals surface area contributed by atoms with Gasteiger partial charge in [-0.1, -0.05) is 23.2 Å². The van der Waals surface area contributed by atoms with Crippen LogP contribution in [0.5, 0.6) is 5.75 Å². The standard InChI is InChI=1S/C13H9Cl2NO4S/c14-9-3-6-12(11(15)7-9)20-21(18,19)10-4-1-8(2-5-10)13(16)17/h1-7H,(H2,16,17). The number of primary amides is 1. The third-order valence-electron chi connectivity index (χ3n) is 2.52. The van der Waals surface area contributed by atoms with E-state index in [1.807, 2.05) is 0 Å². The maximum atomic E-state index is 12.1. The Bertz CT molecular complexity index is 788. The van der Waals surface area contributed by atoms with Crippen molar-refractivity contribution in [2.24, 2.45) is 5.73 Å². The van der Waals surface area contributed by atoms with Gasteiger partial charge in [0.2, 0.25) is 5.91 Å². The van der Waals surface area contributed by atoms with Gasteiger partial charge in [-0.3, -0.25) is 4.79 Å².